The van der Waals surface area contributed by atoms with Gasteiger partial charge >= 0.3 is 0 Å². The zero-order chi connectivity index (χ0) is 15.1. The largest absolute Gasteiger partial charge is 0.362 e. The highest BCUT2D eigenvalue weighted by atomic mass is 32.2. The first-order valence-electron chi connectivity index (χ1n) is 8.92. The molecule has 21 heavy (non-hydrogen) atoms. The molecule has 0 amide bonds. The van der Waals surface area contributed by atoms with Gasteiger partial charge in [-0.2, -0.15) is 0 Å². The van der Waals surface area contributed by atoms with Gasteiger partial charge in [-0.15, -0.1) is 0 Å². The predicted octanol–water partition coefficient (Wildman–Crippen LogP) is 3.75. The summed E-state index contributed by atoms with van der Waals surface area (Å²) in [6.45, 7) is 10.4. The highest BCUT2D eigenvalue weighted by Gasteiger charge is 2.29. The first-order chi connectivity index (χ1) is 10.2. The van der Waals surface area contributed by atoms with Crippen molar-refractivity contribution in [1.82, 2.24) is 10.2 Å². The third-order valence-electron chi connectivity index (χ3n) is 4.96. The Labute approximate surface area is 135 Å². The molecule has 3 nitrogen and oxygen atoms in total. The second-order valence-corrected chi connectivity index (χ2v) is 7.58. The van der Waals surface area contributed by atoms with Crippen LogP contribution >= 0.6 is 11.8 Å². The van der Waals surface area contributed by atoms with Crippen LogP contribution in [-0.4, -0.2) is 47.5 Å². The summed E-state index contributed by atoms with van der Waals surface area (Å²) in [6.07, 6.45) is 8.02. The van der Waals surface area contributed by atoms with Gasteiger partial charge in [0.1, 0.15) is 0 Å². The van der Waals surface area contributed by atoms with Crippen LogP contribution in [0.1, 0.15) is 59.3 Å². The summed E-state index contributed by atoms with van der Waals surface area (Å²) in [5, 5.41) is 4.87. The summed E-state index contributed by atoms with van der Waals surface area (Å²) in [5.41, 5.74) is 0. The van der Waals surface area contributed by atoms with Crippen molar-refractivity contribution in [2.45, 2.75) is 71.4 Å². The lowest BCUT2D eigenvalue weighted by atomic mass is 9.86. The highest BCUT2D eigenvalue weighted by Crippen LogP contribution is 2.33. The maximum atomic E-state index is 4.98. The topological polar surface area (TPSA) is 27.6 Å². The molecule has 3 unspecified atom stereocenters. The molecule has 0 aromatic rings. The molecule has 0 aromatic carbocycles. The molecule has 0 aromatic heterocycles. The van der Waals surface area contributed by atoms with Gasteiger partial charge in [0.2, 0.25) is 0 Å². The van der Waals surface area contributed by atoms with Crippen LogP contribution in [-0.2, 0) is 0 Å². The number of rotatable bonds is 7. The molecule has 2 aliphatic rings. The van der Waals surface area contributed by atoms with Gasteiger partial charge in [-0.3, -0.25) is 4.99 Å². The zero-order valence-corrected chi connectivity index (χ0v) is 14.9. The molecule has 0 saturated heterocycles. The van der Waals surface area contributed by atoms with Crippen molar-refractivity contribution in [3.05, 3.63) is 0 Å². The number of hydrogen-bond donors (Lipinski definition) is 1. The number of amidine groups is 1. The summed E-state index contributed by atoms with van der Waals surface area (Å²) in [6, 6.07) is 1.16. The monoisotopic (exact) mass is 311 g/mol. The lowest BCUT2D eigenvalue weighted by molar-refractivity contribution is 0.292. The fraction of sp³-hybridized carbons (Fsp3) is 0.941. The van der Waals surface area contributed by atoms with E-state index in [1.165, 1.54) is 69.1 Å². The number of thioether (sulfide) groups is 1. The van der Waals surface area contributed by atoms with Crippen molar-refractivity contribution in [3.63, 3.8) is 0 Å². The summed E-state index contributed by atoms with van der Waals surface area (Å²) < 4.78 is 0. The Kier molecular flexibility index (Phi) is 7.38. The Morgan fingerprint density at radius 1 is 1.29 bits per heavy atom. The zero-order valence-electron chi connectivity index (χ0n) is 14.1. The van der Waals surface area contributed by atoms with Gasteiger partial charge < -0.3 is 10.2 Å². The third-order valence-corrected chi connectivity index (χ3v) is 6.05. The van der Waals surface area contributed by atoms with E-state index in [2.05, 4.69) is 31.0 Å². The molecule has 0 radical (unpaired) electrons. The van der Waals surface area contributed by atoms with Crippen molar-refractivity contribution < 1.29 is 0 Å². The van der Waals surface area contributed by atoms with Crippen molar-refractivity contribution in [2.75, 3.05) is 25.4 Å². The number of hydrogen-bond acceptors (Lipinski definition) is 4. The van der Waals surface area contributed by atoms with Crippen molar-refractivity contribution in [2.24, 2.45) is 10.9 Å². The highest BCUT2D eigenvalue weighted by molar-refractivity contribution is 8.13. The van der Waals surface area contributed by atoms with Crippen LogP contribution in [0.4, 0.5) is 0 Å². The molecule has 1 N–H and O–H groups in total. The molecule has 122 valence electrons. The lowest BCUT2D eigenvalue weighted by Gasteiger charge is -2.33. The molecule has 0 bridgehead atoms. The van der Waals surface area contributed by atoms with Gasteiger partial charge in [0.15, 0.2) is 5.17 Å². The van der Waals surface area contributed by atoms with Crippen LogP contribution in [0.2, 0.25) is 0 Å². The smallest absolute Gasteiger partial charge is 0.157 e. The molecule has 1 saturated carbocycles. The van der Waals surface area contributed by atoms with Gasteiger partial charge in [0.05, 0.1) is 6.04 Å². The second kappa shape index (κ2) is 9.04. The van der Waals surface area contributed by atoms with Crippen molar-refractivity contribution in [3.8, 4) is 0 Å². The van der Waals surface area contributed by atoms with Gasteiger partial charge in [-0.05, 0) is 58.2 Å². The Bertz CT molecular complexity index is 328. The average molecular weight is 312 g/mol. The van der Waals surface area contributed by atoms with E-state index in [0.29, 0.717) is 12.1 Å². The maximum Gasteiger partial charge on any atom is 0.157 e. The fourth-order valence-corrected chi connectivity index (χ4v) is 4.70. The summed E-state index contributed by atoms with van der Waals surface area (Å²) >= 11 is 1.95. The van der Waals surface area contributed by atoms with E-state index < -0.39 is 0 Å². The lowest BCUT2D eigenvalue weighted by Crippen LogP contribution is -2.38. The number of fused-ring (bicyclic) bond motifs is 1. The Morgan fingerprint density at radius 2 is 2.05 bits per heavy atom. The molecule has 3 atom stereocenters. The molecule has 1 aliphatic carbocycles. The molecular formula is C17H33N3S. The van der Waals surface area contributed by atoms with E-state index in [1.807, 2.05) is 11.8 Å². The summed E-state index contributed by atoms with van der Waals surface area (Å²) in [4.78, 5) is 7.48. The van der Waals surface area contributed by atoms with Gasteiger partial charge in [-0.25, -0.2) is 0 Å². The third kappa shape index (κ3) is 5.48. The van der Waals surface area contributed by atoms with Crippen LogP contribution < -0.4 is 5.32 Å². The maximum absolute atomic E-state index is 4.98. The summed E-state index contributed by atoms with van der Waals surface area (Å²) in [5.74, 6) is 2.13. The van der Waals surface area contributed by atoms with Crippen molar-refractivity contribution >= 4 is 16.9 Å². The molecule has 0 spiro atoms. The average Bonchev–Trinajstić information content (AvgIpc) is 2.51. The van der Waals surface area contributed by atoms with Crippen LogP contribution in [0.15, 0.2) is 4.99 Å². The van der Waals surface area contributed by atoms with E-state index in [1.54, 1.807) is 0 Å². The van der Waals surface area contributed by atoms with Gasteiger partial charge in [0, 0.05) is 11.8 Å². The van der Waals surface area contributed by atoms with E-state index >= 15 is 0 Å². The van der Waals surface area contributed by atoms with E-state index in [-0.39, 0.29) is 0 Å². The first kappa shape index (κ1) is 17.1. The molecule has 1 fully saturated rings. The molecule has 1 heterocycles. The minimum atomic E-state index is 0.548. The van der Waals surface area contributed by atoms with E-state index in [0.717, 1.165) is 5.92 Å². The van der Waals surface area contributed by atoms with Gasteiger partial charge in [-0.1, -0.05) is 38.5 Å². The Morgan fingerprint density at radius 3 is 2.81 bits per heavy atom. The van der Waals surface area contributed by atoms with Crippen molar-refractivity contribution in [1.29, 1.82) is 0 Å². The number of nitrogens with one attached hydrogen (secondary N) is 1. The normalized spacial score (nSPS) is 27.1. The van der Waals surface area contributed by atoms with Crippen LogP contribution in [0, 0.1) is 5.92 Å². The fourth-order valence-electron chi connectivity index (χ4n) is 3.45. The van der Waals surface area contributed by atoms with Crippen LogP contribution in [0.3, 0.4) is 0 Å². The number of nitrogens with zero attached hydrogens (tertiary/aromatic N) is 2. The minimum Gasteiger partial charge on any atom is -0.362 e. The van der Waals surface area contributed by atoms with Crippen LogP contribution in [0.5, 0.6) is 0 Å². The molecule has 4 heteroatoms. The minimum absolute atomic E-state index is 0.548. The van der Waals surface area contributed by atoms with Gasteiger partial charge in [0.25, 0.3) is 0 Å². The SMILES string of the molecule is CCN(CC)CCCC(C)NC1=NC2CCCCC2CS1. The molecular weight excluding hydrogens is 278 g/mol. The molecule has 2 rings (SSSR count). The van der Waals surface area contributed by atoms with Crippen LogP contribution in [0.25, 0.3) is 0 Å². The van der Waals surface area contributed by atoms with E-state index in [9.17, 15) is 0 Å². The Balaban J connectivity index is 1.70. The molecule has 1 aliphatic heterocycles. The summed E-state index contributed by atoms with van der Waals surface area (Å²) in [7, 11) is 0. The predicted molar refractivity (Wildman–Crippen MR) is 95.3 cm³/mol. The number of aliphatic imine (C=N–C) groups is 1. The second-order valence-electron chi connectivity index (χ2n) is 6.57. The quantitative estimate of drug-likeness (QED) is 0.776. The standard InChI is InChI=1S/C17H33N3S/c1-4-20(5-2)12-8-9-14(3)18-17-19-16-11-7-6-10-15(16)13-21-17/h14-16H,4-13H2,1-3H3,(H,18,19). The Hall–Kier alpha value is -0.220. The first-order valence-corrected chi connectivity index (χ1v) is 9.91. The van der Waals surface area contributed by atoms with E-state index in [4.69, 9.17) is 4.99 Å².